The quantitative estimate of drug-likeness (QED) is 0.360. The van der Waals surface area contributed by atoms with Crippen LogP contribution in [0.25, 0.3) is 0 Å². The molecular formula is C13H24IN3. The van der Waals surface area contributed by atoms with Crippen molar-refractivity contribution in [1.29, 1.82) is 0 Å². The molecule has 1 heterocycles. The van der Waals surface area contributed by atoms with Gasteiger partial charge in [-0.2, -0.15) is 0 Å². The third-order valence-electron chi connectivity index (χ3n) is 3.00. The minimum absolute atomic E-state index is 0. The molecule has 1 aliphatic rings. The maximum atomic E-state index is 6.01. The summed E-state index contributed by atoms with van der Waals surface area (Å²) in [7, 11) is 0. The summed E-state index contributed by atoms with van der Waals surface area (Å²) in [6, 6.07) is -0.0942. The molecule has 98 valence electrons. The maximum Gasteiger partial charge on any atom is 0.192 e. The van der Waals surface area contributed by atoms with Gasteiger partial charge in [0.15, 0.2) is 5.96 Å². The predicted octanol–water partition coefficient (Wildman–Crippen LogP) is 2.45. The Morgan fingerprint density at radius 2 is 1.76 bits per heavy atom. The lowest BCUT2D eigenvalue weighted by atomic mass is 10.1. The van der Waals surface area contributed by atoms with E-state index >= 15 is 0 Å². The normalized spacial score (nSPS) is 19.2. The molecular weight excluding hydrogens is 325 g/mol. The van der Waals surface area contributed by atoms with Crippen molar-refractivity contribution in [1.82, 2.24) is 4.90 Å². The van der Waals surface area contributed by atoms with Crippen LogP contribution in [0.15, 0.2) is 4.99 Å². The second kappa shape index (κ2) is 8.62. The van der Waals surface area contributed by atoms with Crippen molar-refractivity contribution < 1.29 is 0 Å². The minimum atomic E-state index is -0.0942. The number of terminal acetylenes is 1. The third kappa shape index (κ3) is 5.62. The lowest BCUT2D eigenvalue weighted by Crippen LogP contribution is -2.39. The van der Waals surface area contributed by atoms with Crippen molar-refractivity contribution in [3.05, 3.63) is 0 Å². The number of halogens is 1. The fourth-order valence-corrected chi connectivity index (χ4v) is 1.90. The van der Waals surface area contributed by atoms with Gasteiger partial charge in [0.2, 0.25) is 0 Å². The van der Waals surface area contributed by atoms with E-state index in [1.165, 1.54) is 25.7 Å². The molecule has 0 aromatic heterocycles. The van der Waals surface area contributed by atoms with Gasteiger partial charge in [-0.1, -0.05) is 32.6 Å². The molecule has 0 radical (unpaired) electrons. The van der Waals surface area contributed by atoms with Gasteiger partial charge in [-0.3, -0.25) is 0 Å². The molecule has 0 bridgehead atoms. The van der Waals surface area contributed by atoms with E-state index in [0.717, 1.165) is 13.1 Å². The second-order valence-corrected chi connectivity index (χ2v) is 4.74. The van der Waals surface area contributed by atoms with Crippen molar-refractivity contribution in [3.63, 3.8) is 0 Å². The van der Waals surface area contributed by atoms with Gasteiger partial charge in [-0.05, 0) is 18.8 Å². The fraction of sp³-hybridized carbons (Fsp3) is 0.769. The predicted molar refractivity (Wildman–Crippen MR) is 84.5 cm³/mol. The van der Waals surface area contributed by atoms with Crippen LogP contribution in [-0.4, -0.2) is 30.0 Å². The molecule has 0 aromatic carbocycles. The van der Waals surface area contributed by atoms with Gasteiger partial charge < -0.3 is 10.6 Å². The molecule has 1 atom stereocenters. The van der Waals surface area contributed by atoms with E-state index in [0.29, 0.717) is 11.9 Å². The zero-order chi connectivity index (χ0) is 12.0. The topological polar surface area (TPSA) is 41.6 Å². The first-order valence-corrected chi connectivity index (χ1v) is 6.19. The highest BCUT2D eigenvalue weighted by Gasteiger charge is 2.14. The van der Waals surface area contributed by atoms with Gasteiger partial charge in [-0.15, -0.1) is 30.4 Å². The van der Waals surface area contributed by atoms with E-state index in [2.05, 4.69) is 29.7 Å². The van der Waals surface area contributed by atoms with E-state index in [1.807, 2.05) is 0 Å². The van der Waals surface area contributed by atoms with Crippen LogP contribution < -0.4 is 5.73 Å². The summed E-state index contributed by atoms with van der Waals surface area (Å²) in [6.45, 7) is 6.18. The van der Waals surface area contributed by atoms with E-state index < -0.39 is 0 Å². The van der Waals surface area contributed by atoms with Gasteiger partial charge in [0.25, 0.3) is 0 Å². The molecule has 0 aromatic rings. The molecule has 0 aliphatic carbocycles. The Bertz CT molecular complexity index is 273. The Kier molecular flexibility index (Phi) is 8.40. The van der Waals surface area contributed by atoms with Gasteiger partial charge in [-0.25, -0.2) is 4.99 Å². The van der Waals surface area contributed by atoms with Crippen LogP contribution in [0, 0.1) is 18.3 Å². The zero-order valence-corrected chi connectivity index (χ0v) is 13.2. The largest absolute Gasteiger partial charge is 0.370 e. The molecule has 3 nitrogen and oxygen atoms in total. The highest BCUT2D eigenvalue weighted by molar-refractivity contribution is 14.0. The van der Waals surface area contributed by atoms with Crippen LogP contribution in [-0.2, 0) is 0 Å². The summed E-state index contributed by atoms with van der Waals surface area (Å²) in [4.78, 5) is 6.61. The summed E-state index contributed by atoms with van der Waals surface area (Å²) in [5.74, 6) is 3.66. The molecule has 1 fully saturated rings. The molecule has 1 rings (SSSR count). The Balaban J connectivity index is 0.00000256. The van der Waals surface area contributed by atoms with Crippen LogP contribution in [0.1, 0.15) is 39.5 Å². The Morgan fingerprint density at radius 1 is 1.24 bits per heavy atom. The van der Waals surface area contributed by atoms with Crippen molar-refractivity contribution >= 4 is 29.9 Å². The highest BCUT2D eigenvalue weighted by Crippen LogP contribution is 2.11. The fourth-order valence-electron chi connectivity index (χ4n) is 1.90. The first-order valence-electron chi connectivity index (χ1n) is 6.19. The third-order valence-corrected chi connectivity index (χ3v) is 3.00. The smallest absolute Gasteiger partial charge is 0.192 e. The molecule has 0 amide bonds. The Labute approximate surface area is 122 Å². The number of aliphatic imine (C=N–C) groups is 1. The van der Waals surface area contributed by atoms with Crippen LogP contribution in [0.3, 0.4) is 0 Å². The van der Waals surface area contributed by atoms with E-state index in [9.17, 15) is 0 Å². The van der Waals surface area contributed by atoms with Gasteiger partial charge in [0.1, 0.15) is 6.04 Å². The number of hydrogen-bond acceptors (Lipinski definition) is 1. The number of rotatable bonds is 2. The van der Waals surface area contributed by atoms with E-state index in [1.54, 1.807) is 0 Å². The molecule has 2 N–H and O–H groups in total. The SMILES string of the molecule is C#CC(N=C(N)N1CCCCCC1)C(C)C.I. The molecule has 0 spiro atoms. The average molecular weight is 349 g/mol. The first kappa shape index (κ1) is 16.6. The van der Waals surface area contributed by atoms with Crippen LogP contribution in [0.5, 0.6) is 0 Å². The average Bonchev–Trinajstić information content (AvgIpc) is 2.53. The van der Waals surface area contributed by atoms with Gasteiger partial charge in [0.05, 0.1) is 0 Å². The van der Waals surface area contributed by atoms with Gasteiger partial charge in [0, 0.05) is 13.1 Å². The van der Waals surface area contributed by atoms with Crippen LogP contribution in [0.2, 0.25) is 0 Å². The van der Waals surface area contributed by atoms with Crippen molar-refractivity contribution in [2.75, 3.05) is 13.1 Å². The zero-order valence-electron chi connectivity index (χ0n) is 10.9. The van der Waals surface area contributed by atoms with Crippen LogP contribution in [0.4, 0.5) is 0 Å². The number of likely N-dealkylation sites (tertiary alicyclic amines) is 1. The maximum absolute atomic E-state index is 6.01. The summed E-state index contributed by atoms with van der Waals surface area (Å²) < 4.78 is 0. The monoisotopic (exact) mass is 349 g/mol. The number of nitrogens with two attached hydrogens (primary N) is 1. The Morgan fingerprint density at radius 3 is 2.18 bits per heavy atom. The second-order valence-electron chi connectivity index (χ2n) is 4.74. The lowest BCUT2D eigenvalue weighted by molar-refractivity contribution is 0.424. The first-order chi connectivity index (χ1) is 7.65. The van der Waals surface area contributed by atoms with Gasteiger partial charge >= 0.3 is 0 Å². The number of guanidine groups is 1. The summed E-state index contributed by atoms with van der Waals surface area (Å²) in [5, 5.41) is 0. The van der Waals surface area contributed by atoms with E-state index in [4.69, 9.17) is 12.2 Å². The molecule has 1 saturated heterocycles. The summed E-state index contributed by atoms with van der Waals surface area (Å²) in [6.07, 6.45) is 10.5. The van der Waals surface area contributed by atoms with Crippen molar-refractivity contribution in [3.8, 4) is 12.3 Å². The van der Waals surface area contributed by atoms with Crippen molar-refractivity contribution in [2.45, 2.75) is 45.6 Å². The Hall–Kier alpha value is -0.440. The molecule has 4 heteroatoms. The summed E-state index contributed by atoms with van der Waals surface area (Å²) >= 11 is 0. The van der Waals surface area contributed by atoms with Crippen molar-refractivity contribution in [2.24, 2.45) is 16.6 Å². The van der Waals surface area contributed by atoms with E-state index in [-0.39, 0.29) is 30.0 Å². The highest BCUT2D eigenvalue weighted by atomic mass is 127. The standard InChI is InChI=1S/C13H23N3.HI/c1-4-12(11(2)3)15-13(14)16-9-7-5-6-8-10-16;/h1,11-12H,5-10H2,2-3H3,(H2,14,15);1H. The number of nitrogens with zero attached hydrogens (tertiary/aromatic N) is 2. The minimum Gasteiger partial charge on any atom is -0.370 e. The molecule has 1 unspecified atom stereocenters. The summed E-state index contributed by atoms with van der Waals surface area (Å²) in [5.41, 5.74) is 6.01. The molecule has 17 heavy (non-hydrogen) atoms. The molecule has 1 aliphatic heterocycles. The molecule has 0 saturated carbocycles. The lowest BCUT2D eigenvalue weighted by Gasteiger charge is -2.22. The number of hydrogen-bond donors (Lipinski definition) is 1. The van der Waals surface area contributed by atoms with Crippen LogP contribution >= 0.6 is 24.0 Å².